The zero-order chi connectivity index (χ0) is 11.3. The van der Waals surface area contributed by atoms with E-state index in [0.717, 1.165) is 22.7 Å². The van der Waals surface area contributed by atoms with Crippen LogP contribution in [0.2, 0.25) is 5.02 Å². The minimum Gasteiger partial charge on any atom is -0.309 e. The molecule has 0 amide bonds. The van der Waals surface area contributed by atoms with E-state index in [2.05, 4.69) is 24.2 Å². The first kappa shape index (κ1) is 12.1. The molecule has 0 spiro atoms. The average Bonchev–Trinajstić information content (AvgIpc) is 2.22. The molecule has 0 radical (unpaired) electrons. The van der Waals surface area contributed by atoms with Crippen LogP contribution in [0.5, 0.6) is 0 Å². The fraction of sp³-hybridized carbons (Fsp3) is 0.385. The molecule has 0 saturated heterocycles. The Balaban J connectivity index is 2.91. The van der Waals surface area contributed by atoms with Crippen LogP contribution in [-0.4, -0.2) is 6.54 Å². The number of terminal acetylenes is 1. The molecule has 1 atom stereocenters. The van der Waals surface area contributed by atoms with Crippen molar-refractivity contribution in [2.45, 2.75) is 26.3 Å². The van der Waals surface area contributed by atoms with Gasteiger partial charge in [0.05, 0.1) is 0 Å². The maximum Gasteiger partial charge on any atom is 0.0438 e. The predicted octanol–water partition coefficient (Wildman–Crippen LogP) is 3.32. The van der Waals surface area contributed by atoms with Gasteiger partial charge in [0, 0.05) is 17.5 Å². The first-order valence-electron chi connectivity index (χ1n) is 5.12. The van der Waals surface area contributed by atoms with E-state index in [1.807, 2.05) is 19.1 Å². The SMILES string of the molecule is C#CCC(NCC)c1ccc(C)c(Cl)c1. The fourth-order valence-electron chi connectivity index (χ4n) is 1.50. The maximum atomic E-state index is 6.08. The third-order valence-corrected chi connectivity index (χ3v) is 2.78. The van der Waals surface area contributed by atoms with Crippen LogP contribution >= 0.6 is 11.6 Å². The molecule has 15 heavy (non-hydrogen) atoms. The van der Waals surface area contributed by atoms with Crippen molar-refractivity contribution in [1.29, 1.82) is 0 Å². The van der Waals surface area contributed by atoms with Crippen LogP contribution in [0, 0.1) is 19.3 Å². The second-order valence-corrected chi connectivity index (χ2v) is 3.93. The summed E-state index contributed by atoms with van der Waals surface area (Å²) >= 11 is 6.08. The molecule has 0 heterocycles. The van der Waals surface area contributed by atoms with Crippen LogP contribution in [-0.2, 0) is 0 Å². The highest BCUT2D eigenvalue weighted by atomic mass is 35.5. The summed E-state index contributed by atoms with van der Waals surface area (Å²) in [5, 5.41) is 4.14. The normalized spacial score (nSPS) is 12.1. The van der Waals surface area contributed by atoms with Crippen LogP contribution < -0.4 is 5.32 Å². The van der Waals surface area contributed by atoms with E-state index in [4.69, 9.17) is 18.0 Å². The molecule has 0 aromatic heterocycles. The Kier molecular flexibility index (Phi) is 4.68. The van der Waals surface area contributed by atoms with Crippen molar-refractivity contribution in [3.05, 3.63) is 34.3 Å². The van der Waals surface area contributed by atoms with E-state index in [1.165, 1.54) is 0 Å². The summed E-state index contributed by atoms with van der Waals surface area (Å²) in [6.07, 6.45) is 6.03. The van der Waals surface area contributed by atoms with Crippen molar-refractivity contribution in [2.75, 3.05) is 6.54 Å². The summed E-state index contributed by atoms with van der Waals surface area (Å²) in [6.45, 7) is 4.96. The van der Waals surface area contributed by atoms with Gasteiger partial charge < -0.3 is 5.32 Å². The van der Waals surface area contributed by atoms with Crippen LogP contribution in [0.4, 0.5) is 0 Å². The van der Waals surface area contributed by atoms with Gasteiger partial charge in [0.25, 0.3) is 0 Å². The highest BCUT2D eigenvalue weighted by Crippen LogP contribution is 2.22. The Hall–Kier alpha value is -0.970. The molecule has 0 fully saturated rings. The van der Waals surface area contributed by atoms with Gasteiger partial charge >= 0.3 is 0 Å². The van der Waals surface area contributed by atoms with Gasteiger partial charge in [-0.3, -0.25) is 0 Å². The van der Waals surface area contributed by atoms with Gasteiger partial charge in [-0.1, -0.05) is 30.7 Å². The van der Waals surface area contributed by atoms with Gasteiger partial charge in [-0.2, -0.15) is 0 Å². The molecular formula is C13H16ClN. The van der Waals surface area contributed by atoms with Gasteiger partial charge in [0.15, 0.2) is 0 Å². The first-order chi connectivity index (χ1) is 7.19. The minimum absolute atomic E-state index is 0.207. The monoisotopic (exact) mass is 221 g/mol. The van der Waals surface area contributed by atoms with Gasteiger partial charge in [-0.15, -0.1) is 12.3 Å². The summed E-state index contributed by atoms with van der Waals surface area (Å²) in [4.78, 5) is 0. The molecule has 0 aliphatic heterocycles. The summed E-state index contributed by atoms with van der Waals surface area (Å²) in [6, 6.07) is 6.30. The van der Waals surface area contributed by atoms with E-state index < -0.39 is 0 Å². The summed E-state index contributed by atoms with van der Waals surface area (Å²) in [5.41, 5.74) is 2.25. The lowest BCUT2D eigenvalue weighted by molar-refractivity contribution is 0.565. The van der Waals surface area contributed by atoms with Crippen molar-refractivity contribution in [2.24, 2.45) is 0 Å². The molecule has 2 heteroatoms. The molecule has 1 aromatic carbocycles. The van der Waals surface area contributed by atoms with Crippen molar-refractivity contribution < 1.29 is 0 Å². The number of benzene rings is 1. The van der Waals surface area contributed by atoms with Crippen molar-refractivity contribution in [3.8, 4) is 12.3 Å². The molecule has 1 aromatic rings. The Bertz CT molecular complexity index is 365. The highest BCUT2D eigenvalue weighted by Gasteiger charge is 2.09. The molecule has 0 aliphatic carbocycles. The van der Waals surface area contributed by atoms with Crippen molar-refractivity contribution in [3.63, 3.8) is 0 Å². The molecule has 0 aliphatic rings. The van der Waals surface area contributed by atoms with E-state index in [1.54, 1.807) is 0 Å². The molecular weight excluding hydrogens is 206 g/mol. The number of rotatable bonds is 4. The van der Waals surface area contributed by atoms with E-state index in [-0.39, 0.29) is 6.04 Å². The van der Waals surface area contributed by atoms with Gasteiger partial charge in [0.1, 0.15) is 0 Å². The van der Waals surface area contributed by atoms with Crippen molar-refractivity contribution >= 4 is 11.6 Å². The van der Waals surface area contributed by atoms with E-state index in [9.17, 15) is 0 Å². The Morgan fingerprint density at radius 1 is 1.53 bits per heavy atom. The molecule has 1 rings (SSSR count). The van der Waals surface area contributed by atoms with Gasteiger partial charge in [-0.05, 0) is 30.7 Å². The molecule has 1 N–H and O–H groups in total. The largest absolute Gasteiger partial charge is 0.309 e. The molecule has 1 unspecified atom stereocenters. The summed E-state index contributed by atoms with van der Waals surface area (Å²) in [5.74, 6) is 2.68. The Morgan fingerprint density at radius 3 is 2.80 bits per heavy atom. The molecule has 80 valence electrons. The Morgan fingerprint density at radius 2 is 2.27 bits per heavy atom. The zero-order valence-electron chi connectivity index (χ0n) is 9.18. The second kappa shape index (κ2) is 5.80. The van der Waals surface area contributed by atoms with Gasteiger partial charge in [-0.25, -0.2) is 0 Å². The lowest BCUT2D eigenvalue weighted by Crippen LogP contribution is -2.20. The summed E-state index contributed by atoms with van der Waals surface area (Å²) in [7, 11) is 0. The third kappa shape index (κ3) is 3.27. The topological polar surface area (TPSA) is 12.0 Å². The molecule has 0 bridgehead atoms. The quantitative estimate of drug-likeness (QED) is 0.770. The third-order valence-electron chi connectivity index (χ3n) is 2.37. The fourth-order valence-corrected chi connectivity index (χ4v) is 1.69. The van der Waals surface area contributed by atoms with Crippen molar-refractivity contribution in [1.82, 2.24) is 5.32 Å². The number of nitrogens with one attached hydrogen (secondary N) is 1. The number of aryl methyl sites for hydroxylation is 1. The number of halogens is 1. The zero-order valence-corrected chi connectivity index (χ0v) is 9.93. The average molecular weight is 222 g/mol. The predicted molar refractivity (Wildman–Crippen MR) is 66.1 cm³/mol. The lowest BCUT2D eigenvalue weighted by Gasteiger charge is -2.16. The minimum atomic E-state index is 0.207. The van der Waals surface area contributed by atoms with Crippen LogP contribution in [0.15, 0.2) is 18.2 Å². The number of hydrogen-bond donors (Lipinski definition) is 1. The van der Waals surface area contributed by atoms with E-state index >= 15 is 0 Å². The second-order valence-electron chi connectivity index (χ2n) is 3.53. The van der Waals surface area contributed by atoms with Crippen LogP contribution in [0.1, 0.15) is 30.5 Å². The first-order valence-corrected chi connectivity index (χ1v) is 5.49. The standard InChI is InChI=1S/C13H16ClN/c1-4-6-13(15-5-2)11-8-7-10(3)12(14)9-11/h1,7-9,13,15H,5-6H2,2-3H3. The Labute approximate surface area is 96.8 Å². The highest BCUT2D eigenvalue weighted by molar-refractivity contribution is 6.31. The smallest absolute Gasteiger partial charge is 0.0438 e. The molecule has 0 saturated carbocycles. The van der Waals surface area contributed by atoms with E-state index in [0.29, 0.717) is 6.42 Å². The lowest BCUT2D eigenvalue weighted by atomic mass is 10.0. The van der Waals surface area contributed by atoms with Crippen LogP contribution in [0.25, 0.3) is 0 Å². The molecule has 1 nitrogen and oxygen atoms in total. The maximum absolute atomic E-state index is 6.08. The van der Waals surface area contributed by atoms with Crippen LogP contribution in [0.3, 0.4) is 0 Å². The van der Waals surface area contributed by atoms with Gasteiger partial charge in [0.2, 0.25) is 0 Å². The summed E-state index contributed by atoms with van der Waals surface area (Å²) < 4.78 is 0. The number of hydrogen-bond acceptors (Lipinski definition) is 1.